The number of esters is 1. The molecule has 142 valence electrons. The Hall–Kier alpha value is -2.83. The molecule has 2 heterocycles. The van der Waals surface area contributed by atoms with Crippen molar-refractivity contribution in [3.63, 3.8) is 0 Å². The van der Waals surface area contributed by atoms with Crippen molar-refractivity contribution in [2.24, 2.45) is 0 Å². The number of nitrogens with zero attached hydrogens (tertiary/aromatic N) is 3. The van der Waals surface area contributed by atoms with Gasteiger partial charge in [0.2, 0.25) is 0 Å². The van der Waals surface area contributed by atoms with Gasteiger partial charge in [-0.2, -0.15) is 0 Å². The topological polar surface area (TPSA) is 83.0 Å². The van der Waals surface area contributed by atoms with E-state index in [2.05, 4.69) is 9.97 Å². The number of benzene rings is 2. The van der Waals surface area contributed by atoms with E-state index in [0.717, 1.165) is 0 Å². The summed E-state index contributed by atoms with van der Waals surface area (Å²) in [7, 11) is 0. The molecule has 0 aliphatic heterocycles. The zero-order chi connectivity index (χ0) is 20.0. The lowest BCUT2D eigenvalue weighted by Gasteiger charge is -2.10. The number of para-hydroxylation sites is 2. The summed E-state index contributed by atoms with van der Waals surface area (Å²) in [6.45, 7) is 3.54. The van der Waals surface area contributed by atoms with Crippen molar-refractivity contribution in [2.75, 3.05) is 5.73 Å². The van der Waals surface area contributed by atoms with Gasteiger partial charge in [0.05, 0.1) is 32.9 Å². The van der Waals surface area contributed by atoms with Gasteiger partial charge in [-0.05, 0) is 44.2 Å². The summed E-state index contributed by atoms with van der Waals surface area (Å²) in [6.07, 6.45) is -0.302. The van der Waals surface area contributed by atoms with E-state index < -0.39 is 5.97 Å². The average Bonchev–Trinajstić information content (AvgIpc) is 2.92. The van der Waals surface area contributed by atoms with Crippen molar-refractivity contribution in [1.29, 1.82) is 0 Å². The Morgan fingerprint density at radius 1 is 1.07 bits per heavy atom. The standard InChI is InChI=1S/C20H16Cl2N4O2/c1-10(2)28-20(27)16-17-19(25-15-6-4-3-5-14(15)24-17)26(18(16)23)11-7-8-12(21)13(22)9-11/h3-10H,23H2,1-2H3. The molecular weight excluding hydrogens is 399 g/mol. The number of anilines is 1. The highest BCUT2D eigenvalue weighted by Gasteiger charge is 2.26. The zero-order valence-corrected chi connectivity index (χ0v) is 16.6. The highest BCUT2D eigenvalue weighted by Crippen LogP contribution is 2.33. The van der Waals surface area contributed by atoms with E-state index in [1.54, 1.807) is 36.6 Å². The van der Waals surface area contributed by atoms with E-state index in [4.69, 9.17) is 33.7 Å². The van der Waals surface area contributed by atoms with Crippen LogP contribution >= 0.6 is 23.2 Å². The van der Waals surface area contributed by atoms with Crippen LogP contribution in [-0.4, -0.2) is 26.6 Å². The van der Waals surface area contributed by atoms with Crippen LogP contribution in [0.3, 0.4) is 0 Å². The van der Waals surface area contributed by atoms with Crippen molar-refractivity contribution >= 4 is 57.2 Å². The van der Waals surface area contributed by atoms with Gasteiger partial charge in [-0.25, -0.2) is 14.8 Å². The fraction of sp³-hybridized carbons (Fsp3) is 0.150. The van der Waals surface area contributed by atoms with Crippen LogP contribution in [0, 0.1) is 0 Å². The third-order valence-electron chi connectivity index (χ3n) is 4.21. The number of halogens is 2. The summed E-state index contributed by atoms with van der Waals surface area (Å²) < 4.78 is 7.01. The molecule has 6 nitrogen and oxygen atoms in total. The molecule has 0 aliphatic carbocycles. The second kappa shape index (κ2) is 6.96. The SMILES string of the molecule is CC(C)OC(=O)c1c(N)n(-c2ccc(Cl)c(Cl)c2)c2nc3ccccc3nc12. The molecule has 0 saturated heterocycles. The summed E-state index contributed by atoms with van der Waals surface area (Å²) >= 11 is 12.2. The van der Waals surface area contributed by atoms with E-state index in [1.807, 2.05) is 24.3 Å². The molecule has 28 heavy (non-hydrogen) atoms. The number of carbonyl (C=O) groups is 1. The molecule has 0 saturated carbocycles. The van der Waals surface area contributed by atoms with Crippen LogP contribution in [-0.2, 0) is 4.74 Å². The van der Waals surface area contributed by atoms with Crippen LogP contribution in [0.15, 0.2) is 42.5 Å². The van der Waals surface area contributed by atoms with Crippen LogP contribution in [0.1, 0.15) is 24.2 Å². The summed E-state index contributed by atoms with van der Waals surface area (Å²) in [5.41, 5.74) is 9.31. The largest absolute Gasteiger partial charge is 0.459 e. The zero-order valence-electron chi connectivity index (χ0n) is 15.1. The van der Waals surface area contributed by atoms with Gasteiger partial charge in [-0.15, -0.1) is 0 Å². The van der Waals surface area contributed by atoms with Gasteiger partial charge in [0.15, 0.2) is 5.65 Å². The van der Waals surface area contributed by atoms with E-state index in [1.165, 1.54) is 0 Å². The van der Waals surface area contributed by atoms with Crippen LogP contribution in [0.2, 0.25) is 10.0 Å². The molecule has 0 fully saturated rings. The summed E-state index contributed by atoms with van der Waals surface area (Å²) in [5.74, 6) is -0.379. The predicted octanol–water partition coefficient (Wildman–Crippen LogP) is 5.03. The predicted molar refractivity (Wildman–Crippen MR) is 111 cm³/mol. The molecule has 0 unspecified atom stereocenters. The Morgan fingerprint density at radius 2 is 1.75 bits per heavy atom. The first-order valence-electron chi connectivity index (χ1n) is 8.60. The normalized spacial score (nSPS) is 11.5. The lowest BCUT2D eigenvalue weighted by molar-refractivity contribution is 0.0381. The molecule has 4 rings (SSSR count). The first kappa shape index (κ1) is 18.5. The first-order valence-corrected chi connectivity index (χ1v) is 9.35. The minimum Gasteiger partial charge on any atom is -0.459 e. The Morgan fingerprint density at radius 3 is 2.39 bits per heavy atom. The van der Waals surface area contributed by atoms with Crippen LogP contribution in [0.5, 0.6) is 0 Å². The number of rotatable bonds is 3. The minimum atomic E-state index is -0.555. The van der Waals surface area contributed by atoms with Gasteiger partial charge in [0.25, 0.3) is 0 Å². The van der Waals surface area contributed by atoms with Gasteiger partial charge < -0.3 is 10.5 Å². The number of carbonyl (C=O) groups excluding carboxylic acids is 1. The molecular formula is C20H16Cl2N4O2. The van der Waals surface area contributed by atoms with E-state index in [-0.39, 0.29) is 17.5 Å². The fourth-order valence-electron chi connectivity index (χ4n) is 3.02. The van der Waals surface area contributed by atoms with E-state index in [0.29, 0.717) is 37.9 Å². The van der Waals surface area contributed by atoms with Crippen LogP contribution in [0.4, 0.5) is 5.82 Å². The van der Waals surface area contributed by atoms with Crippen LogP contribution in [0.25, 0.3) is 27.9 Å². The van der Waals surface area contributed by atoms with Gasteiger partial charge >= 0.3 is 5.97 Å². The van der Waals surface area contributed by atoms with Crippen molar-refractivity contribution in [2.45, 2.75) is 20.0 Å². The van der Waals surface area contributed by atoms with Crippen molar-refractivity contribution in [3.8, 4) is 5.69 Å². The number of hydrogen-bond acceptors (Lipinski definition) is 5. The molecule has 2 aromatic heterocycles. The Labute approximate surface area is 170 Å². The molecule has 0 aliphatic rings. The van der Waals surface area contributed by atoms with Gasteiger partial charge in [0, 0.05) is 0 Å². The van der Waals surface area contributed by atoms with Crippen molar-refractivity contribution in [1.82, 2.24) is 14.5 Å². The molecule has 0 radical (unpaired) electrons. The van der Waals surface area contributed by atoms with E-state index >= 15 is 0 Å². The minimum absolute atomic E-state index is 0.174. The van der Waals surface area contributed by atoms with Gasteiger partial charge in [-0.3, -0.25) is 4.57 Å². The van der Waals surface area contributed by atoms with Crippen LogP contribution < -0.4 is 5.73 Å². The first-order chi connectivity index (χ1) is 13.4. The average molecular weight is 415 g/mol. The molecule has 2 aromatic carbocycles. The molecule has 8 heteroatoms. The number of hydrogen-bond donors (Lipinski definition) is 1. The quantitative estimate of drug-likeness (QED) is 0.475. The number of aromatic nitrogens is 3. The number of nitrogen functional groups attached to an aromatic ring is 1. The molecule has 2 N–H and O–H groups in total. The third-order valence-corrected chi connectivity index (χ3v) is 4.95. The second-order valence-electron chi connectivity index (χ2n) is 6.53. The van der Waals surface area contributed by atoms with Crippen molar-refractivity contribution < 1.29 is 9.53 Å². The van der Waals surface area contributed by atoms with Gasteiger partial charge in [0.1, 0.15) is 16.9 Å². The lowest BCUT2D eigenvalue weighted by Crippen LogP contribution is -2.13. The maximum atomic E-state index is 12.8. The number of nitrogens with two attached hydrogens (primary N) is 1. The highest BCUT2D eigenvalue weighted by molar-refractivity contribution is 6.42. The van der Waals surface area contributed by atoms with Gasteiger partial charge in [-0.1, -0.05) is 35.3 Å². The Balaban J connectivity index is 2.08. The summed E-state index contributed by atoms with van der Waals surface area (Å²) in [4.78, 5) is 22.1. The summed E-state index contributed by atoms with van der Waals surface area (Å²) in [5, 5.41) is 0.775. The maximum Gasteiger partial charge on any atom is 0.344 e. The molecule has 4 aromatic rings. The smallest absolute Gasteiger partial charge is 0.344 e. The fourth-order valence-corrected chi connectivity index (χ4v) is 3.31. The second-order valence-corrected chi connectivity index (χ2v) is 7.35. The Bertz CT molecular complexity index is 1230. The summed E-state index contributed by atoms with van der Waals surface area (Å²) in [6, 6.07) is 12.5. The number of fused-ring (bicyclic) bond motifs is 2. The molecule has 0 atom stereocenters. The highest BCUT2D eigenvalue weighted by atomic mass is 35.5. The molecule has 0 spiro atoms. The third kappa shape index (κ3) is 3.04. The number of ether oxygens (including phenoxy) is 1. The monoisotopic (exact) mass is 414 g/mol. The Kier molecular flexibility index (Phi) is 4.61. The molecule has 0 amide bonds. The lowest BCUT2D eigenvalue weighted by atomic mass is 10.2. The van der Waals surface area contributed by atoms with E-state index in [9.17, 15) is 4.79 Å². The van der Waals surface area contributed by atoms with Crippen molar-refractivity contribution in [3.05, 3.63) is 58.1 Å². The maximum absolute atomic E-state index is 12.8. The molecule has 0 bridgehead atoms.